The second kappa shape index (κ2) is 5.10. The number of fused-ring (bicyclic) bond motifs is 1. The Morgan fingerprint density at radius 3 is 2.67 bits per heavy atom. The smallest absolute Gasteiger partial charge is 0.323 e. The van der Waals surface area contributed by atoms with Crippen molar-refractivity contribution in [3.8, 4) is 0 Å². The normalized spacial score (nSPS) is 22.1. The lowest BCUT2D eigenvalue weighted by atomic mass is 10.3. The van der Waals surface area contributed by atoms with Crippen LogP contribution in [0.25, 0.3) is 11.0 Å². The Labute approximate surface area is 123 Å². The van der Waals surface area contributed by atoms with E-state index in [2.05, 4.69) is 9.97 Å². The van der Waals surface area contributed by atoms with Crippen LogP contribution in [0, 0.1) is 0 Å². The SMILES string of the molecule is O=C(O)Cn1ccc2c(N3C[C@@H](F)[C@H](F)C3)nc(Cl)nc21. The molecule has 0 saturated carbocycles. The van der Waals surface area contributed by atoms with Crippen LogP contribution in [0.5, 0.6) is 0 Å². The van der Waals surface area contributed by atoms with Gasteiger partial charge in [0.2, 0.25) is 5.28 Å². The standard InChI is InChI=1S/C12H11ClF2N4O2/c13-12-16-10-6(1-2-18(10)5-9(20)21)11(17-12)19-3-7(14)8(15)4-19/h1-2,7-8H,3-5H2,(H,20,21)/t7-,8-/m1/s1. The summed E-state index contributed by atoms with van der Waals surface area (Å²) in [6, 6.07) is 1.61. The molecular weight excluding hydrogens is 306 g/mol. The molecule has 0 aliphatic carbocycles. The summed E-state index contributed by atoms with van der Waals surface area (Å²) in [6.07, 6.45) is -1.62. The minimum atomic E-state index is -1.57. The average molecular weight is 317 g/mol. The molecule has 1 aliphatic rings. The van der Waals surface area contributed by atoms with Gasteiger partial charge in [0.1, 0.15) is 18.0 Å². The summed E-state index contributed by atoms with van der Waals surface area (Å²) in [5.74, 6) is -0.713. The van der Waals surface area contributed by atoms with Gasteiger partial charge in [0.25, 0.3) is 0 Å². The molecule has 1 N–H and O–H groups in total. The number of anilines is 1. The van der Waals surface area contributed by atoms with Crippen LogP contribution in [0.1, 0.15) is 0 Å². The second-order valence-corrected chi connectivity index (χ2v) is 5.17. The Kier molecular flexibility index (Phi) is 3.40. The number of nitrogens with zero attached hydrogens (tertiary/aromatic N) is 4. The molecule has 1 fully saturated rings. The van der Waals surface area contributed by atoms with Crippen molar-refractivity contribution in [2.75, 3.05) is 18.0 Å². The largest absolute Gasteiger partial charge is 0.480 e. The number of alkyl halides is 2. The molecule has 9 heteroatoms. The molecule has 6 nitrogen and oxygen atoms in total. The summed E-state index contributed by atoms with van der Waals surface area (Å²) >= 11 is 5.84. The number of rotatable bonds is 3. The van der Waals surface area contributed by atoms with Crippen LogP contribution < -0.4 is 4.90 Å². The lowest BCUT2D eigenvalue weighted by molar-refractivity contribution is -0.137. The Morgan fingerprint density at radius 2 is 2.05 bits per heavy atom. The predicted molar refractivity (Wildman–Crippen MR) is 72.2 cm³/mol. The topological polar surface area (TPSA) is 71.2 Å². The van der Waals surface area contributed by atoms with Crippen molar-refractivity contribution >= 4 is 34.4 Å². The van der Waals surface area contributed by atoms with Crippen LogP contribution in [0.15, 0.2) is 12.3 Å². The van der Waals surface area contributed by atoms with Gasteiger partial charge < -0.3 is 14.6 Å². The van der Waals surface area contributed by atoms with E-state index < -0.39 is 18.3 Å². The molecule has 3 rings (SSSR count). The summed E-state index contributed by atoms with van der Waals surface area (Å²) in [5, 5.41) is 9.28. The minimum Gasteiger partial charge on any atom is -0.480 e. The van der Waals surface area contributed by atoms with E-state index in [0.29, 0.717) is 16.9 Å². The predicted octanol–water partition coefficient (Wildman–Crippen LogP) is 1.67. The molecule has 0 unspecified atom stereocenters. The van der Waals surface area contributed by atoms with Crippen molar-refractivity contribution in [2.45, 2.75) is 18.9 Å². The number of aliphatic carboxylic acids is 1. The molecule has 2 aromatic rings. The lowest BCUT2D eigenvalue weighted by Gasteiger charge is -2.17. The number of hydrogen-bond acceptors (Lipinski definition) is 4. The van der Waals surface area contributed by atoms with Gasteiger partial charge in [-0.05, 0) is 17.7 Å². The van der Waals surface area contributed by atoms with Crippen LogP contribution in [0.3, 0.4) is 0 Å². The van der Waals surface area contributed by atoms with E-state index in [4.69, 9.17) is 16.7 Å². The van der Waals surface area contributed by atoms with Crippen LogP contribution >= 0.6 is 11.6 Å². The number of hydrogen-bond donors (Lipinski definition) is 1. The highest BCUT2D eigenvalue weighted by Crippen LogP contribution is 2.30. The van der Waals surface area contributed by atoms with Gasteiger partial charge in [-0.1, -0.05) is 0 Å². The van der Waals surface area contributed by atoms with E-state index in [1.54, 1.807) is 6.07 Å². The minimum absolute atomic E-state index is 0.0967. The van der Waals surface area contributed by atoms with E-state index in [9.17, 15) is 13.6 Å². The van der Waals surface area contributed by atoms with Crippen LogP contribution in [0.2, 0.25) is 5.28 Å². The fraction of sp³-hybridized carbons (Fsp3) is 0.417. The zero-order valence-corrected chi connectivity index (χ0v) is 11.5. The molecule has 0 radical (unpaired) electrons. The van der Waals surface area contributed by atoms with Crippen LogP contribution in [-0.4, -0.2) is 51.0 Å². The first kappa shape index (κ1) is 14.0. The van der Waals surface area contributed by atoms with E-state index in [1.807, 2.05) is 0 Å². The molecule has 2 aromatic heterocycles. The third-order valence-corrected chi connectivity index (χ3v) is 3.53. The Bertz CT molecular complexity index is 698. The number of carbonyl (C=O) groups is 1. The molecule has 1 aliphatic heterocycles. The van der Waals surface area contributed by atoms with Gasteiger partial charge in [0, 0.05) is 6.20 Å². The van der Waals surface area contributed by atoms with Crippen molar-refractivity contribution in [3.05, 3.63) is 17.5 Å². The first-order valence-corrected chi connectivity index (χ1v) is 6.61. The van der Waals surface area contributed by atoms with Crippen molar-refractivity contribution in [1.29, 1.82) is 0 Å². The molecule has 21 heavy (non-hydrogen) atoms. The number of carboxylic acids is 1. The van der Waals surface area contributed by atoms with Gasteiger partial charge in [-0.15, -0.1) is 0 Å². The van der Waals surface area contributed by atoms with Crippen molar-refractivity contribution < 1.29 is 18.7 Å². The highest BCUT2D eigenvalue weighted by atomic mass is 35.5. The van der Waals surface area contributed by atoms with E-state index in [1.165, 1.54) is 15.7 Å². The number of carboxylic acid groups (broad SMARTS) is 1. The molecule has 2 atom stereocenters. The lowest BCUT2D eigenvalue weighted by Crippen LogP contribution is -2.22. The first-order chi connectivity index (χ1) is 9.95. The van der Waals surface area contributed by atoms with E-state index >= 15 is 0 Å². The van der Waals surface area contributed by atoms with Crippen molar-refractivity contribution in [1.82, 2.24) is 14.5 Å². The molecule has 0 spiro atoms. The van der Waals surface area contributed by atoms with Gasteiger partial charge >= 0.3 is 5.97 Å². The Hall–Kier alpha value is -1.96. The fourth-order valence-corrected chi connectivity index (χ4v) is 2.60. The third kappa shape index (κ3) is 2.51. The average Bonchev–Trinajstić information content (AvgIpc) is 2.93. The van der Waals surface area contributed by atoms with E-state index in [0.717, 1.165) is 0 Å². The number of aromatic nitrogens is 3. The maximum Gasteiger partial charge on any atom is 0.323 e. The summed E-state index contributed by atoms with van der Waals surface area (Å²) in [7, 11) is 0. The second-order valence-electron chi connectivity index (χ2n) is 4.83. The van der Waals surface area contributed by atoms with E-state index in [-0.39, 0.29) is 24.9 Å². The van der Waals surface area contributed by atoms with Crippen molar-refractivity contribution in [2.24, 2.45) is 0 Å². The summed E-state index contributed by atoms with van der Waals surface area (Å²) in [4.78, 5) is 20.3. The number of halogens is 3. The summed E-state index contributed by atoms with van der Waals surface area (Å²) in [6.45, 7) is -0.519. The molecule has 0 aromatic carbocycles. The monoisotopic (exact) mass is 316 g/mol. The fourth-order valence-electron chi connectivity index (χ4n) is 2.44. The van der Waals surface area contributed by atoms with Gasteiger partial charge in [0.05, 0.1) is 18.5 Å². The maximum atomic E-state index is 13.4. The summed E-state index contributed by atoms with van der Waals surface area (Å²) < 4.78 is 28.1. The van der Waals surface area contributed by atoms with Crippen LogP contribution in [-0.2, 0) is 11.3 Å². The molecule has 0 amide bonds. The zero-order valence-electron chi connectivity index (χ0n) is 10.7. The molecule has 3 heterocycles. The quantitative estimate of drug-likeness (QED) is 0.872. The molecule has 0 bridgehead atoms. The van der Waals surface area contributed by atoms with Gasteiger partial charge in [-0.3, -0.25) is 4.79 Å². The molecule has 112 valence electrons. The maximum absolute atomic E-state index is 13.4. The highest BCUT2D eigenvalue weighted by molar-refractivity contribution is 6.28. The van der Waals surface area contributed by atoms with Gasteiger partial charge in [0.15, 0.2) is 12.3 Å². The Balaban J connectivity index is 2.07. The first-order valence-electron chi connectivity index (χ1n) is 6.23. The molecule has 1 saturated heterocycles. The van der Waals surface area contributed by atoms with Crippen LogP contribution in [0.4, 0.5) is 14.6 Å². The molecular formula is C12H11ClF2N4O2. The summed E-state index contributed by atoms with van der Waals surface area (Å²) in [5.41, 5.74) is 0.324. The Morgan fingerprint density at radius 1 is 1.38 bits per heavy atom. The van der Waals surface area contributed by atoms with Crippen molar-refractivity contribution in [3.63, 3.8) is 0 Å². The van der Waals surface area contributed by atoms with Gasteiger partial charge in [-0.25, -0.2) is 8.78 Å². The van der Waals surface area contributed by atoms with Gasteiger partial charge in [-0.2, -0.15) is 9.97 Å². The highest BCUT2D eigenvalue weighted by Gasteiger charge is 2.34. The zero-order chi connectivity index (χ0) is 15.1. The third-order valence-electron chi connectivity index (χ3n) is 3.36.